The maximum Gasteiger partial charge on any atom is 0.438 e. The SMILES string of the molecule is CC=NOc1nc(C)ncc1N(OC)C(=O)OC. The van der Waals surface area contributed by atoms with Crippen LogP contribution in [0.3, 0.4) is 0 Å². The second-order valence-corrected chi connectivity index (χ2v) is 3.01. The van der Waals surface area contributed by atoms with E-state index in [1.807, 2.05) is 0 Å². The van der Waals surface area contributed by atoms with Crippen molar-refractivity contribution in [1.29, 1.82) is 0 Å². The van der Waals surface area contributed by atoms with Crippen molar-refractivity contribution < 1.29 is 19.2 Å². The Kier molecular flexibility index (Phi) is 5.00. The molecule has 18 heavy (non-hydrogen) atoms. The largest absolute Gasteiger partial charge is 0.451 e. The third-order valence-electron chi connectivity index (χ3n) is 1.84. The molecule has 0 saturated heterocycles. The zero-order valence-corrected chi connectivity index (χ0v) is 10.6. The van der Waals surface area contributed by atoms with Crippen molar-refractivity contribution in [3.63, 3.8) is 0 Å². The van der Waals surface area contributed by atoms with Crippen LogP contribution in [-0.2, 0) is 9.57 Å². The van der Waals surface area contributed by atoms with Gasteiger partial charge in [-0.05, 0) is 13.8 Å². The highest BCUT2D eigenvalue weighted by atomic mass is 16.7. The Morgan fingerprint density at radius 1 is 1.50 bits per heavy atom. The summed E-state index contributed by atoms with van der Waals surface area (Å²) >= 11 is 0. The second kappa shape index (κ2) is 6.50. The number of hydroxylamine groups is 1. The van der Waals surface area contributed by atoms with Gasteiger partial charge in [0.2, 0.25) is 0 Å². The maximum atomic E-state index is 11.5. The Morgan fingerprint density at radius 2 is 2.22 bits per heavy atom. The summed E-state index contributed by atoms with van der Waals surface area (Å²) in [7, 11) is 2.54. The smallest absolute Gasteiger partial charge is 0.438 e. The van der Waals surface area contributed by atoms with Gasteiger partial charge in [-0.15, -0.1) is 5.06 Å². The summed E-state index contributed by atoms with van der Waals surface area (Å²) in [6.07, 6.45) is 2.09. The van der Waals surface area contributed by atoms with Crippen molar-refractivity contribution in [2.75, 3.05) is 19.3 Å². The number of anilines is 1. The highest BCUT2D eigenvalue weighted by molar-refractivity contribution is 5.86. The topological polar surface area (TPSA) is 86.1 Å². The van der Waals surface area contributed by atoms with Gasteiger partial charge in [0.15, 0.2) is 5.69 Å². The van der Waals surface area contributed by atoms with Crippen LogP contribution in [0.15, 0.2) is 11.4 Å². The summed E-state index contributed by atoms with van der Waals surface area (Å²) in [5.41, 5.74) is 0.195. The summed E-state index contributed by atoms with van der Waals surface area (Å²) in [6, 6.07) is 0. The fourth-order valence-corrected chi connectivity index (χ4v) is 1.11. The number of oxime groups is 1. The molecule has 1 heterocycles. The Morgan fingerprint density at radius 3 is 2.78 bits per heavy atom. The van der Waals surface area contributed by atoms with E-state index in [0.717, 1.165) is 5.06 Å². The molecule has 0 atom stereocenters. The molecule has 1 rings (SSSR count). The minimum Gasteiger partial charge on any atom is -0.451 e. The van der Waals surface area contributed by atoms with Crippen LogP contribution in [0.2, 0.25) is 0 Å². The van der Waals surface area contributed by atoms with Crippen molar-refractivity contribution in [3.05, 3.63) is 12.0 Å². The van der Waals surface area contributed by atoms with E-state index < -0.39 is 6.09 Å². The average Bonchev–Trinajstić information content (AvgIpc) is 2.38. The van der Waals surface area contributed by atoms with Gasteiger partial charge in [0.05, 0.1) is 20.4 Å². The fourth-order valence-electron chi connectivity index (χ4n) is 1.11. The molecule has 1 amide bonds. The average molecular weight is 254 g/mol. The van der Waals surface area contributed by atoms with E-state index in [-0.39, 0.29) is 11.6 Å². The molecule has 0 bridgehead atoms. The van der Waals surface area contributed by atoms with Gasteiger partial charge in [-0.25, -0.2) is 9.78 Å². The van der Waals surface area contributed by atoms with Crippen molar-refractivity contribution >= 4 is 18.0 Å². The van der Waals surface area contributed by atoms with Crippen molar-refractivity contribution in [1.82, 2.24) is 9.97 Å². The molecule has 0 aliphatic rings. The number of nitrogens with zero attached hydrogens (tertiary/aromatic N) is 4. The fraction of sp³-hybridized carbons (Fsp3) is 0.400. The van der Waals surface area contributed by atoms with E-state index in [0.29, 0.717) is 5.82 Å². The predicted octanol–water partition coefficient (Wildman–Crippen LogP) is 1.30. The van der Waals surface area contributed by atoms with Crippen LogP contribution in [0.5, 0.6) is 5.88 Å². The lowest BCUT2D eigenvalue weighted by Crippen LogP contribution is -2.30. The van der Waals surface area contributed by atoms with Crippen molar-refractivity contribution in [3.8, 4) is 5.88 Å². The Labute approximate surface area is 104 Å². The van der Waals surface area contributed by atoms with Crippen LogP contribution in [0, 0.1) is 6.92 Å². The first-order valence-electron chi connectivity index (χ1n) is 5.04. The van der Waals surface area contributed by atoms with Gasteiger partial charge in [-0.2, -0.15) is 4.98 Å². The summed E-state index contributed by atoms with van der Waals surface area (Å²) < 4.78 is 4.56. The Bertz CT molecular complexity index is 450. The molecule has 0 aromatic carbocycles. The Hall–Kier alpha value is -2.22. The van der Waals surface area contributed by atoms with Crippen LogP contribution in [0.4, 0.5) is 10.5 Å². The van der Waals surface area contributed by atoms with E-state index in [1.165, 1.54) is 26.6 Å². The zero-order valence-electron chi connectivity index (χ0n) is 10.6. The number of ether oxygens (including phenoxy) is 1. The first-order valence-corrected chi connectivity index (χ1v) is 5.04. The zero-order chi connectivity index (χ0) is 13.5. The van der Waals surface area contributed by atoms with E-state index in [9.17, 15) is 4.79 Å². The third-order valence-corrected chi connectivity index (χ3v) is 1.84. The van der Waals surface area contributed by atoms with E-state index in [2.05, 4.69) is 19.9 Å². The number of rotatable bonds is 4. The van der Waals surface area contributed by atoms with Crippen LogP contribution >= 0.6 is 0 Å². The quantitative estimate of drug-likeness (QED) is 0.594. The molecule has 8 nitrogen and oxygen atoms in total. The molecule has 1 aromatic rings. The number of aromatic nitrogens is 2. The van der Waals surface area contributed by atoms with Gasteiger partial charge in [-0.1, -0.05) is 5.16 Å². The molecule has 0 spiro atoms. The van der Waals surface area contributed by atoms with Gasteiger partial charge in [-0.3, -0.25) is 4.84 Å². The number of aryl methyl sites for hydroxylation is 1. The first-order chi connectivity index (χ1) is 8.63. The van der Waals surface area contributed by atoms with E-state index in [1.54, 1.807) is 13.8 Å². The number of hydrogen-bond donors (Lipinski definition) is 0. The second-order valence-electron chi connectivity index (χ2n) is 3.01. The molecule has 1 aromatic heterocycles. The molecule has 8 heteroatoms. The van der Waals surface area contributed by atoms with E-state index in [4.69, 9.17) is 9.68 Å². The predicted molar refractivity (Wildman–Crippen MR) is 63.5 cm³/mol. The van der Waals surface area contributed by atoms with Gasteiger partial charge >= 0.3 is 6.09 Å². The Balaban J connectivity index is 3.15. The summed E-state index contributed by atoms with van der Waals surface area (Å²) in [4.78, 5) is 29.4. The number of amides is 1. The van der Waals surface area contributed by atoms with Gasteiger partial charge < -0.3 is 9.57 Å². The summed E-state index contributed by atoms with van der Waals surface area (Å²) in [5, 5.41) is 4.46. The lowest BCUT2D eigenvalue weighted by atomic mass is 10.5. The number of methoxy groups -OCH3 is 1. The molecule has 0 radical (unpaired) electrons. The van der Waals surface area contributed by atoms with Crippen LogP contribution in [0.1, 0.15) is 12.7 Å². The minimum absolute atomic E-state index is 0.0906. The molecule has 0 aliphatic heterocycles. The first kappa shape index (κ1) is 13.8. The van der Waals surface area contributed by atoms with Gasteiger partial charge in [0.25, 0.3) is 5.88 Å². The standard InChI is InChI=1S/C10H14N4O4/c1-5-12-18-9-8(6-11-7(2)13-9)14(17-4)10(15)16-3/h5-6H,1-4H3. The molecular weight excluding hydrogens is 240 g/mol. The minimum atomic E-state index is -0.727. The summed E-state index contributed by atoms with van der Waals surface area (Å²) in [5.74, 6) is 0.564. The number of carbonyl (C=O) groups is 1. The number of hydrogen-bond acceptors (Lipinski definition) is 7. The lowest BCUT2D eigenvalue weighted by Gasteiger charge is -2.18. The van der Waals surface area contributed by atoms with Crippen molar-refractivity contribution in [2.45, 2.75) is 13.8 Å². The lowest BCUT2D eigenvalue weighted by molar-refractivity contribution is 0.114. The molecular formula is C10H14N4O4. The van der Waals surface area contributed by atoms with Crippen molar-refractivity contribution in [2.24, 2.45) is 5.16 Å². The number of carbonyl (C=O) groups excluding carboxylic acids is 1. The van der Waals surface area contributed by atoms with Gasteiger partial charge in [0.1, 0.15) is 5.82 Å². The van der Waals surface area contributed by atoms with Crippen LogP contribution < -0.4 is 9.90 Å². The summed E-state index contributed by atoms with van der Waals surface area (Å²) in [6.45, 7) is 3.36. The molecule has 0 aliphatic carbocycles. The molecule has 0 fully saturated rings. The normalized spacial score (nSPS) is 10.4. The van der Waals surface area contributed by atoms with Gasteiger partial charge in [0, 0.05) is 6.21 Å². The maximum absolute atomic E-state index is 11.5. The molecule has 0 unspecified atom stereocenters. The van der Waals surface area contributed by atoms with Crippen LogP contribution in [-0.4, -0.2) is 36.5 Å². The van der Waals surface area contributed by atoms with Crippen LogP contribution in [0.25, 0.3) is 0 Å². The highest BCUT2D eigenvalue weighted by Crippen LogP contribution is 2.26. The van der Waals surface area contributed by atoms with E-state index >= 15 is 0 Å². The molecule has 98 valence electrons. The monoisotopic (exact) mass is 254 g/mol. The molecule has 0 N–H and O–H groups in total. The third kappa shape index (κ3) is 3.14. The molecule has 0 saturated carbocycles. The highest BCUT2D eigenvalue weighted by Gasteiger charge is 2.22.